The first-order valence-electron chi connectivity index (χ1n) is 10.2. The van der Waals surface area contributed by atoms with Crippen LogP contribution in [0, 0.1) is 17.1 Å². The Labute approximate surface area is 180 Å². The van der Waals surface area contributed by atoms with Crippen LogP contribution in [0.25, 0.3) is 5.70 Å². The van der Waals surface area contributed by atoms with Gasteiger partial charge < -0.3 is 10.6 Å². The van der Waals surface area contributed by atoms with Gasteiger partial charge in [-0.05, 0) is 18.6 Å². The molecule has 158 valence electrons. The van der Waals surface area contributed by atoms with Crippen LogP contribution in [0.15, 0.2) is 59.1 Å². The van der Waals surface area contributed by atoms with Gasteiger partial charge in [-0.15, -0.1) is 0 Å². The van der Waals surface area contributed by atoms with Crippen LogP contribution in [0.4, 0.5) is 4.39 Å². The topological polar surface area (TPSA) is 94.3 Å². The lowest BCUT2D eigenvalue weighted by Gasteiger charge is -2.06. The van der Waals surface area contributed by atoms with Crippen LogP contribution < -0.4 is 10.6 Å². The molecule has 2 amide bonds. The molecule has 0 radical (unpaired) electrons. The minimum absolute atomic E-state index is 0.120. The number of rotatable bonds is 7. The first-order valence-corrected chi connectivity index (χ1v) is 10.2. The van der Waals surface area contributed by atoms with Crippen molar-refractivity contribution in [1.82, 2.24) is 10.6 Å². The number of amidine groups is 1. The highest BCUT2D eigenvalue weighted by Crippen LogP contribution is 2.30. The molecule has 2 aromatic rings. The minimum Gasteiger partial charge on any atom is -0.351 e. The average Bonchev–Trinajstić information content (AvgIpc) is 3.12. The van der Waals surface area contributed by atoms with Crippen molar-refractivity contribution in [1.29, 1.82) is 5.26 Å². The highest BCUT2D eigenvalue weighted by atomic mass is 19.1. The largest absolute Gasteiger partial charge is 0.351 e. The molecule has 0 aliphatic carbocycles. The average molecular weight is 418 g/mol. The molecule has 0 aromatic heterocycles. The molecule has 0 fully saturated rings. The summed E-state index contributed by atoms with van der Waals surface area (Å²) in [4.78, 5) is 29.5. The van der Waals surface area contributed by atoms with Crippen LogP contribution in [-0.4, -0.2) is 24.2 Å². The number of hydrogen-bond acceptors (Lipinski definition) is 4. The third kappa shape index (κ3) is 5.04. The van der Waals surface area contributed by atoms with Gasteiger partial charge in [0, 0.05) is 17.7 Å². The van der Waals surface area contributed by atoms with E-state index in [-0.39, 0.29) is 22.7 Å². The number of carbonyl (C=O) groups excluding carboxylic acids is 2. The van der Waals surface area contributed by atoms with E-state index in [1.165, 1.54) is 18.2 Å². The van der Waals surface area contributed by atoms with Gasteiger partial charge >= 0.3 is 0 Å². The van der Waals surface area contributed by atoms with Crippen molar-refractivity contribution in [2.24, 2.45) is 4.99 Å². The van der Waals surface area contributed by atoms with Crippen molar-refractivity contribution in [2.75, 3.05) is 6.54 Å². The maximum atomic E-state index is 14.0. The van der Waals surface area contributed by atoms with E-state index in [4.69, 9.17) is 0 Å². The summed E-state index contributed by atoms with van der Waals surface area (Å²) < 4.78 is 14.0. The first-order chi connectivity index (χ1) is 15.1. The number of aliphatic imine (C=N–C) groups is 1. The highest BCUT2D eigenvalue weighted by Gasteiger charge is 2.27. The smallest absolute Gasteiger partial charge is 0.264 e. The number of benzene rings is 2. The van der Waals surface area contributed by atoms with Gasteiger partial charge in [0.05, 0.1) is 11.3 Å². The predicted molar refractivity (Wildman–Crippen MR) is 117 cm³/mol. The predicted octanol–water partition coefficient (Wildman–Crippen LogP) is 3.95. The van der Waals surface area contributed by atoms with Crippen LogP contribution in [-0.2, 0) is 4.79 Å². The Bertz CT molecular complexity index is 1100. The van der Waals surface area contributed by atoms with Gasteiger partial charge in [0.1, 0.15) is 23.3 Å². The normalized spacial score (nSPS) is 13.6. The summed E-state index contributed by atoms with van der Waals surface area (Å²) in [6, 6.07) is 14.5. The fourth-order valence-electron chi connectivity index (χ4n) is 3.29. The fraction of sp³-hybridized carbons (Fsp3) is 0.250. The molecular weight excluding hydrogens is 395 g/mol. The van der Waals surface area contributed by atoms with Crippen LogP contribution in [0.3, 0.4) is 0 Å². The third-order valence-corrected chi connectivity index (χ3v) is 4.90. The molecule has 0 bridgehead atoms. The molecule has 2 N–H and O–H groups in total. The molecule has 6 nitrogen and oxygen atoms in total. The van der Waals surface area contributed by atoms with E-state index < -0.39 is 17.6 Å². The maximum absolute atomic E-state index is 14.0. The molecule has 3 rings (SSSR count). The number of unbranched alkanes of at least 4 members (excludes halogenated alkanes) is 3. The Morgan fingerprint density at radius 1 is 1.03 bits per heavy atom. The van der Waals surface area contributed by atoms with Crippen molar-refractivity contribution in [3.63, 3.8) is 0 Å². The summed E-state index contributed by atoms with van der Waals surface area (Å²) in [5, 5.41) is 15.0. The summed E-state index contributed by atoms with van der Waals surface area (Å²) in [7, 11) is 0. The maximum Gasteiger partial charge on any atom is 0.264 e. The number of hydrogen-bond donors (Lipinski definition) is 2. The Balaban J connectivity index is 1.87. The summed E-state index contributed by atoms with van der Waals surface area (Å²) in [5.41, 5.74) is 1.06. The molecule has 2 aromatic carbocycles. The number of carbonyl (C=O) groups is 2. The molecule has 0 unspecified atom stereocenters. The molecule has 1 heterocycles. The van der Waals surface area contributed by atoms with Gasteiger partial charge in [0.25, 0.3) is 11.8 Å². The Kier molecular flexibility index (Phi) is 7.28. The SMILES string of the molecule is CCCCCCNC(=O)C(C#N)=C1N=C(NC(=O)c2ccccc2F)c2ccccc21. The van der Waals surface area contributed by atoms with Crippen molar-refractivity contribution < 1.29 is 14.0 Å². The molecule has 0 saturated carbocycles. The van der Waals surface area contributed by atoms with E-state index in [9.17, 15) is 19.2 Å². The zero-order valence-electron chi connectivity index (χ0n) is 17.2. The van der Waals surface area contributed by atoms with Gasteiger partial charge in [0.2, 0.25) is 0 Å². The van der Waals surface area contributed by atoms with Crippen molar-refractivity contribution >= 4 is 23.3 Å². The second-order valence-corrected chi connectivity index (χ2v) is 7.09. The van der Waals surface area contributed by atoms with E-state index in [1.807, 2.05) is 6.07 Å². The lowest BCUT2D eigenvalue weighted by atomic mass is 10.0. The molecule has 0 saturated heterocycles. The summed E-state index contributed by atoms with van der Waals surface area (Å²) in [6.07, 6.45) is 4.01. The second kappa shape index (κ2) is 10.3. The second-order valence-electron chi connectivity index (χ2n) is 7.09. The highest BCUT2D eigenvalue weighted by molar-refractivity contribution is 6.20. The molecule has 0 spiro atoms. The Morgan fingerprint density at radius 2 is 1.74 bits per heavy atom. The monoisotopic (exact) mass is 418 g/mol. The molecule has 0 atom stereocenters. The summed E-state index contributed by atoms with van der Waals surface area (Å²) in [5.74, 6) is -1.65. The van der Waals surface area contributed by atoms with Gasteiger partial charge in [-0.3, -0.25) is 9.59 Å². The van der Waals surface area contributed by atoms with E-state index in [2.05, 4.69) is 22.5 Å². The van der Waals surface area contributed by atoms with Gasteiger partial charge in [-0.25, -0.2) is 9.38 Å². The van der Waals surface area contributed by atoms with E-state index in [0.29, 0.717) is 17.7 Å². The molecular formula is C24H23FN4O2. The van der Waals surface area contributed by atoms with Crippen LogP contribution in [0.5, 0.6) is 0 Å². The van der Waals surface area contributed by atoms with E-state index >= 15 is 0 Å². The fourth-order valence-corrected chi connectivity index (χ4v) is 3.29. The van der Waals surface area contributed by atoms with Crippen molar-refractivity contribution in [2.45, 2.75) is 32.6 Å². The molecule has 7 heteroatoms. The lowest BCUT2D eigenvalue weighted by molar-refractivity contribution is -0.117. The number of fused-ring (bicyclic) bond motifs is 1. The van der Waals surface area contributed by atoms with Gasteiger partial charge in [-0.2, -0.15) is 5.26 Å². The van der Waals surface area contributed by atoms with Crippen LogP contribution >= 0.6 is 0 Å². The molecule has 1 aliphatic rings. The zero-order valence-corrected chi connectivity index (χ0v) is 17.2. The van der Waals surface area contributed by atoms with E-state index in [0.717, 1.165) is 25.7 Å². The quantitative estimate of drug-likeness (QED) is 0.405. The zero-order chi connectivity index (χ0) is 22.2. The van der Waals surface area contributed by atoms with Crippen molar-refractivity contribution in [3.05, 3.63) is 76.6 Å². The number of amides is 2. The van der Waals surface area contributed by atoms with Gasteiger partial charge in [-0.1, -0.05) is 62.6 Å². The molecule has 31 heavy (non-hydrogen) atoms. The Morgan fingerprint density at radius 3 is 2.45 bits per heavy atom. The number of nitrogens with one attached hydrogen (secondary N) is 2. The minimum atomic E-state index is -0.660. The van der Waals surface area contributed by atoms with E-state index in [1.54, 1.807) is 30.3 Å². The van der Waals surface area contributed by atoms with Gasteiger partial charge in [0.15, 0.2) is 0 Å². The van der Waals surface area contributed by atoms with Crippen LogP contribution in [0.1, 0.15) is 54.1 Å². The number of halogens is 1. The van der Waals surface area contributed by atoms with Crippen molar-refractivity contribution in [3.8, 4) is 6.07 Å². The first kappa shape index (κ1) is 21.9. The third-order valence-electron chi connectivity index (χ3n) is 4.90. The lowest BCUT2D eigenvalue weighted by Crippen LogP contribution is -2.31. The number of nitriles is 1. The summed E-state index contributed by atoms with van der Waals surface area (Å²) >= 11 is 0. The molecule has 1 aliphatic heterocycles. The Hall–Kier alpha value is -3.79. The van der Waals surface area contributed by atoms with Crippen LogP contribution in [0.2, 0.25) is 0 Å². The number of nitrogens with zero attached hydrogens (tertiary/aromatic N) is 2. The standard InChI is InChI=1S/C24H23FN4O2/c1-2-3-4-9-14-27-23(30)19(15-26)21-16-10-5-6-11-17(16)22(28-21)29-24(31)18-12-7-8-13-20(18)25/h5-8,10-13H,2-4,9,14H2,1H3,(H,27,30)(H,28,29,31). The summed E-state index contributed by atoms with van der Waals surface area (Å²) in [6.45, 7) is 2.58.